The van der Waals surface area contributed by atoms with Gasteiger partial charge in [-0.1, -0.05) is 32.0 Å². The highest BCUT2D eigenvalue weighted by Gasteiger charge is 2.15. The summed E-state index contributed by atoms with van der Waals surface area (Å²) in [6.07, 6.45) is 1.62. The van der Waals surface area contributed by atoms with E-state index in [9.17, 15) is 9.59 Å². The lowest BCUT2D eigenvalue weighted by Gasteiger charge is -2.14. The van der Waals surface area contributed by atoms with Crippen LogP contribution < -0.4 is 5.32 Å². The zero-order valence-electron chi connectivity index (χ0n) is 13.0. The molecule has 122 valence electrons. The summed E-state index contributed by atoms with van der Waals surface area (Å²) in [6, 6.07) is 8.98. The molecule has 0 aliphatic heterocycles. The highest BCUT2D eigenvalue weighted by Crippen LogP contribution is 2.22. The third kappa shape index (κ3) is 4.45. The number of hydrogen-bond acceptors (Lipinski definition) is 4. The van der Waals surface area contributed by atoms with Crippen molar-refractivity contribution >= 4 is 33.5 Å². The quantitative estimate of drug-likeness (QED) is 0.771. The molecule has 1 aromatic heterocycles. The number of amides is 1. The summed E-state index contributed by atoms with van der Waals surface area (Å²) in [4.78, 5) is 23.8. The summed E-state index contributed by atoms with van der Waals surface area (Å²) in [7, 11) is 0. The molecule has 0 atom stereocenters. The minimum Gasteiger partial charge on any atom is -0.450 e. The van der Waals surface area contributed by atoms with E-state index < -0.39 is 5.97 Å². The summed E-state index contributed by atoms with van der Waals surface area (Å²) in [6.45, 7) is 3.69. The van der Waals surface area contributed by atoms with Crippen LogP contribution in [0.4, 0.5) is 5.69 Å². The number of halogens is 1. The van der Waals surface area contributed by atoms with Gasteiger partial charge in [-0.25, -0.2) is 4.79 Å². The molecule has 0 spiro atoms. The monoisotopic (exact) mass is 379 g/mol. The van der Waals surface area contributed by atoms with Gasteiger partial charge >= 0.3 is 5.97 Å². The van der Waals surface area contributed by atoms with Crippen molar-refractivity contribution in [1.82, 2.24) is 0 Å². The fourth-order valence-electron chi connectivity index (χ4n) is 2.20. The predicted molar refractivity (Wildman–Crippen MR) is 90.5 cm³/mol. The second-order valence-corrected chi connectivity index (χ2v) is 5.67. The standard InChI is InChI=1S/C17H18BrNO4/c1-3-11-6-5-7-12(4-2)16(11)19-15(20)10-22-17(21)13-8-9-14(18)23-13/h5-9H,3-4,10H2,1-2H3,(H,19,20). The number of furan rings is 1. The van der Waals surface area contributed by atoms with Crippen molar-refractivity contribution < 1.29 is 18.7 Å². The first-order chi connectivity index (χ1) is 11.0. The first-order valence-electron chi connectivity index (χ1n) is 7.38. The maximum atomic E-state index is 12.1. The van der Waals surface area contributed by atoms with E-state index in [2.05, 4.69) is 21.2 Å². The molecule has 0 saturated heterocycles. The Balaban J connectivity index is 1.99. The number of rotatable bonds is 6. The fourth-order valence-corrected chi connectivity index (χ4v) is 2.51. The molecular formula is C17H18BrNO4. The number of esters is 1. The molecule has 23 heavy (non-hydrogen) atoms. The molecule has 1 amide bonds. The largest absolute Gasteiger partial charge is 0.450 e. The number of para-hydroxylation sites is 1. The number of carbonyl (C=O) groups is 2. The normalized spacial score (nSPS) is 10.4. The molecule has 0 aliphatic rings. The number of hydrogen-bond donors (Lipinski definition) is 1. The Morgan fingerprint density at radius 3 is 2.30 bits per heavy atom. The smallest absolute Gasteiger partial charge is 0.374 e. The Morgan fingerprint density at radius 2 is 1.78 bits per heavy atom. The first-order valence-corrected chi connectivity index (χ1v) is 8.17. The van der Waals surface area contributed by atoms with Crippen molar-refractivity contribution in [2.45, 2.75) is 26.7 Å². The van der Waals surface area contributed by atoms with Gasteiger partial charge in [0.2, 0.25) is 5.76 Å². The number of nitrogens with one attached hydrogen (secondary N) is 1. The molecule has 6 heteroatoms. The van der Waals surface area contributed by atoms with E-state index in [-0.39, 0.29) is 18.3 Å². The number of carbonyl (C=O) groups excluding carboxylic acids is 2. The van der Waals surface area contributed by atoms with Crippen LogP contribution in [0.3, 0.4) is 0 Å². The topological polar surface area (TPSA) is 68.5 Å². The minimum absolute atomic E-state index is 0.0490. The summed E-state index contributed by atoms with van der Waals surface area (Å²) < 4.78 is 10.5. The van der Waals surface area contributed by atoms with E-state index in [1.54, 1.807) is 6.07 Å². The molecule has 0 fully saturated rings. The van der Waals surface area contributed by atoms with E-state index in [0.29, 0.717) is 4.67 Å². The molecule has 5 nitrogen and oxygen atoms in total. The van der Waals surface area contributed by atoms with Crippen molar-refractivity contribution in [3.63, 3.8) is 0 Å². The first kappa shape index (κ1) is 17.3. The molecule has 0 saturated carbocycles. The molecule has 0 bridgehead atoms. The fraction of sp³-hybridized carbons (Fsp3) is 0.294. The Labute approximate surface area is 143 Å². The summed E-state index contributed by atoms with van der Waals surface area (Å²) in [5.74, 6) is -1.00. The average molecular weight is 380 g/mol. The highest BCUT2D eigenvalue weighted by atomic mass is 79.9. The van der Waals surface area contributed by atoms with Crippen molar-refractivity contribution in [2.24, 2.45) is 0 Å². The van der Waals surface area contributed by atoms with Gasteiger partial charge in [0.05, 0.1) is 0 Å². The van der Waals surface area contributed by atoms with Gasteiger partial charge in [-0.2, -0.15) is 0 Å². The lowest BCUT2D eigenvalue weighted by atomic mass is 10.0. The van der Waals surface area contributed by atoms with Gasteiger partial charge in [-0.3, -0.25) is 4.79 Å². The van der Waals surface area contributed by atoms with Gasteiger partial charge < -0.3 is 14.5 Å². The van der Waals surface area contributed by atoms with Crippen LogP contribution in [-0.2, 0) is 22.4 Å². The van der Waals surface area contributed by atoms with Crippen molar-refractivity contribution in [3.05, 3.63) is 51.9 Å². The van der Waals surface area contributed by atoms with E-state index in [1.165, 1.54) is 6.07 Å². The van der Waals surface area contributed by atoms with E-state index in [0.717, 1.165) is 29.7 Å². The molecule has 0 unspecified atom stereocenters. The lowest BCUT2D eigenvalue weighted by molar-refractivity contribution is -0.119. The second-order valence-electron chi connectivity index (χ2n) is 4.89. The van der Waals surface area contributed by atoms with Crippen LogP contribution in [0.5, 0.6) is 0 Å². The van der Waals surface area contributed by atoms with Gasteiger partial charge in [0.15, 0.2) is 11.3 Å². The van der Waals surface area contributed by atoms with Gasteiger partial charge in [0, 0.05) is 5.69 Å². The summed E-state index contributed by atoms with van der Waals surface area (Å²) in [5.41, 5.74) is 2.91. The number of aryl methyl sites for hydroxylation is 2. The number of benzene rings is 1. The van der Waals surface area contributed by atoms with E-state index in [1.807, 2.05) is 32.0 Å². The van der Waals surface area contributed by atoms with Gasteiger partial charge in [-0.05, 0) is 52.0 Å². The van der Waals surface area contributed by atoms with Crippen LogP contribution in [0.25, 0.3) is 0 Å². The average Bonchev–Trinajstić information content (AvgIpc) is 2.99. The summed E-state index contributed by atoms with van der Waals surface area (Å²) >= 11 is 3.10. The highest BCUT2D eigenvalue weighted by molar-refractivity contribution is 9.10. The van der Waals surface area contributed by atoms with Crippen LogP contribution >= 0.6 is 15.9 Å². The van der Waals surface area contributed by atoms with Crippen molar-refractivity contribution in [1.29, 1.82) is 0 Å². The Kier molecular flexibility index (Phi) is 5.98. The van der Waals surface area contributed by atoms with Crippen LogP contribution in [0.2, 0.25) is 0 Å². The van der Waals surface area contributed by atoms with Crippen molar-refractivity contribution in [2.75, 3.05) is 11.9 Å². The molecule has 0 aliphatic carbocycles. The molecule has 1 aromatic carbocycles. The molecule has 0 radical (unpaired) electrons. The Hall–Kier alpha value is -2.08. The maximum Gasteiger partial charge on any atom is 0.374 e. The maximum absolute atomic E-state index is 12.1. The van der Waals surface area contributed by atoms with E-state index >= 15 is 0 Å². The van der Waals surface area contributed by atoms with Gasteiger partial charge in [-0.15, -0.1) is 0 Å². The van der Waals surface area contributed by atoms with Crippen LogP contribution in [0, 0.1) is 0 Å². The van der Waals surface area contributed by atoms with E-state index in [4.69, 9.17) is 9.15 Å². The van der Waals surface area contributed by atoms with Gasteiger partial charge in [0.1, 0.15) is 0 Å². The molecule has 1 N–H and O–H groups in total. The summed E-state index contributed by atoms with van der Waals surface area (Å²) in [5, 5.41) is 2.84. The molecule has 2 aromatic rings. The lowest BCUT2D eigenvalue weighted by Crippen LogP contribution is -2.22. The SMILES string of the molecule is CCc1cccc(CC)c1NC(=O)COC(=O)c1ccc(Br)o1. The number of anilines is 1. The third-order valence-electron chi connectivity index (χ3n) is 3.37. The zero-order chi connectivity index (χ0) is 16.8. The molecule has 1 heterocycles. The number of ether oxygens (including phenoxy) is 1. The van der Waals surface area contributed by atoms with Crippen LogP contribution in [0.1, 0.15) is 35.5 Å². The Morgan fingerprint density at radius 1 is 1.13 bits per heavy atom. The Bertz CT molecular complexity index is 686. The molecule has 2 rings (SSSR count). The van der Waals surface area contributed by atoms with Crippen LogP contribution in [-0.4, -0.2) is 18.5 Å². The van der Waals surface area contributed by atoms with Crippen molar-refractivity contribution in [3.8, 4) is 0 Å². The third-order valence-corrected chi connectivity index (χ3v) is 3.80. The predicted octanol–water partition coefficient (Wildman–Crippen LogP) is 3.96. The van der Waals surface area contributed by atoms with Crippen LogP contribution in [0.15, 0.2) is 39.4 Å². The zero-order valence-corrected chi connectivity index (χ0v) is 14.6. The molecular weight excluding hydrogens is 362 g/mol. The van der Waals surface area contributed by atoms with Gasteiger partial charge in [0.25, 0.3) is 5.91 Å². The minimum atomic E-state index is -0.676. The second kappa shape index (κ2) is 7.97.